The topological polar surface area (TPSA) is 33.5 Å². The van der Waals surface area contributed by atoms with E-state index < -0.39 is 0 Å². The molecule has 0 fully saturated rings. The number of rotatable bonds is 7. The molecule has 0 saturated carbocycles. The Labute approximate surface area is 97.4 Å². The molecule has 0 atom stereocenters. The minimum atomic E-state index is -0.196. The molecule has 0 radical (unpaired) electrons. The van der Waals surface area contributed by atoms with E-state index >= 15 is 0 Å². The van der Waals surface area contributed by atoms with E-state index in [1.165, 1.54) is 0 Å². The molecule has 0 amide bonds. The van der Waals surface area contributed by atoms with Gasteiger partial charge >= 0.3 is 0 Å². The van der Waals surface area contributed by atoms with Crippen LogP contribution in [0.15, 0.2) is 23.0 Å². The second-order valence-corrected chi connectivity index (χ2v) is 4.49. The lowest BCUT2D eigenvalue weighted by molar-refractivity contribution is -0.117. The summed E-state index contributed by atoms with van der Waals surface area (Å²) < 4.78 is 5.03. The average Bonchev–Trinajstić information content (AvgIpc) is 2.79. The van der Waals surface area contributed by atoms with Crippen LogP contribution >= 0.6 is 0 Å². The average molecular weight is 223 g/mol. The summed E-state index contributed by atoms with van der Waals surface area (Å²) in [6.07, 6.45) is 6.32. The maximum Gasteiger partial charge on any atom is 0.127 e. The fourth-order valence-electron chi connectivity index (χ4n) is 1.97. The molecular formula is C13H21NO2. The SMILES string of the molecule is CCC(C=O)(CC)CN(C)Cc1ccoc1. The van der Waals surface area contributed by atoms with Gasteiger partial charge in [-0.3, -0.25) is 0 Å². The van der Waals surface area contributed by atoms with Crippen LogP contribution in [0.2, 0.25) is 0 Å². The Bertz CT molecular complexity index is 302. The van der Waals surface area contributed by atoms with Gasteiger partial charge in [0.1, 0.15) is 6.29 Å². The Kier molecular flexibility index (Phi) is 4.74. The molecule has 1 heterocycles. The fraction of sp³-hybridized carbons (Fsp3) is 0.615. The van der Waals surface area contributed by atoms with Crippen molar-refractivity contribution >= 4 is 6.29 Å². The predicted molar refractivity (Wildman–Crippen MR) is 64.1 cm³/mol. The molecule has 0 aliphatic rings. The highest BCUT2D eigenvalue weighted by molar-refractivity contribution is 5.59. The molecule has 1 rings (SSSR count). The summed E-state index contributed by atoms with van der Waals surface area (Å²) in [5.41, 5.74) is 0.952. The molecular weight excluding hydrogens is 202 g/mol. The summed E-state index contributed by atoms with van der Waals surface area (Å²) in [5.74, 6) is 0. The first-order valence-electron chi connectivity index (χ1n) is 5.81. The van der Waals surface area contributed by atoms with Crippen LogP contribution in [0.25, 0.3) is 0 Å². The van der Waals surface area contributed by atoms with E-state index in [1.807, 2.05) is 13.1 Å². The molecule has 16 heavy (non-hydrogen) atoms. The van der Waals surface area contributed by atoms with Gasteiger partial charge in [0.05, 0.1) is 12.5 Å². The standard InChI is InChI=1S/C13H21NO2/c1-4-13(5-2,11-15)10-14(3)8-12-6-7-16-9-12/h6-7,9,11H,4-5,8,10H2,1-3H3. The van der Waals surface area contributed by atoms with Crippen molar-refractivity contribution in [3.63, 3.8) is 0 Å². The number of hydrogen-bond donors (Lipinski definition) is 0. The Balaban J connectivity index is 2.55. The number of carbonyl (C=O) groups excluding carboxylic acids is 1. The quantitative estimate of drug-likeness (QED) is 0.666. The van der Waals surface area contributed by atoms with Crippen molar-refractivity contribution in [2.24, 2.45) is 5.41 Å². The highest BCUT2D eigenvalue weighted by Crippen LogP contribution is 2.25. The smallest absolute Gasteiger partial charge is 0.127 e. The minimum absolute atomic E-state index is 0.196. The van der Waals surface area contributed by atoms with Gasteiger partial charge in [-0.15, -0.1) is 0 Å². The van der Waals surface area contributed by atoms with Gasteiger partial charge in [-0.1, -0.05) is 13.8 Å². The zero-order valence-corrected chi connectivity index (χ0v) is 10.4. The molecule has 0 N–H and O–H groups in total. The third kappa shape index (κ3) is 3.20. The van der Waals surface area contributed by atoms with E-state index in [0.29, 0.717) is 0 Å². The largest absolute Gasteiger partial charge is 0.472 e. The molecule has 0 bridgehead atoms. The van der Waals surface area contributed by atoms with Gasteiger partial charge in [0.25, 0.3) is 0 Å². The van der Waals surface area contributed by atoms with Gasteiger partial charge in [-0.25, -0.2) is 0 Å². The summed E-state index contributed by atoms with van der Waals surface area (Å²) in [6.45, 7) is 5.77. The first-order valence-corrected chi connectivity index (χ1v) is 5.81. The molecule has 0 aliphatic heterocycles. The Morgan fingerprint density at radius 3 is 2.56 bits per heavy atom. The van der Waals surface area contributed by atoms with Crippen LogP contribution in [0.5, 0.6) is 0 Å². The molecule has 3 heteroatoms. The first kappa shape index (κ1) is 13.0. The van der Waals surface area contributed by atoms with E-state index in [9.17, 15) is 4.79 Å². The van der Waals surface area contributed by atoms with E-state index in [4.69, 9.17) is 4.42 Å². The van der Waals surface area contributed by atoms with Crippen molar-refractivity contribution in [1.82, 2.24) is 4.90 Å². The molecule has 0 unspecified atom stereocenters. The van der Waals surface area contributed by atoms with Crippen LogP contribution < -0.4 is 0 Å². The highest BCUT2D eigenvalue weighted by atomic mass is 16.3. The van der Waals surface area contributed by atoms with E-state index in [-0.39, 0.29) is 5.41 Å². The zero-order valence-electron chi connectivity index (χ0n) is 10.4. The van der Waals surface area contributed by atoms with E-state index in [0.717, 1.165) is 37.8 Å². The summed E-state index contributed by atoms with van der Waals surface area (Å²) in [6, 6.07) is 1.96. The van der Waals surface area contributed by atoms with Gasteiger partial charge in [0.2, 0.25) is 0 Å². The lowest BCUT2D eigenvalue weighted by atomic mass is 9.83. The maximum absolute atomic E-state index is 11.2. The van der Waals surface area contributed by atoms with Crippen molar-refractivity contribution in [3.8, 4) is 0 Å². The lowest BCUT2D eigenvalue weighted by Gasteiger charge is -2.30. The molecule has 90 valence electrons. The van der Waals surface area contributed by atoms with Gasteiger partial charge < -0.3 is 14.1 Å². The zero-order chi connectivity index (χ0) is 12.0. The van der Waals surface area contributed by atoms with Crippen LogP contribution in [0.1, 0.15) is 32.3 Å². The van der Waals surface area contributed by atoms with Crippen molar-refractivity contribution < 1.29 is 9.21 Å². The summed E-state index contributed by atoms with van der Waals surface area (Å²) in [7, 11) is 2.04. The number of furan rings is 1. The van der Waals surface area contributed by atoms with Gasteiger partial charge in [-0.05, 0) is 26.0 Å². The molecule has 0 aromatic carbocycles. The van der Waals surface area contributed by atoms with Gasteiger partial charge in [0.15, 0.2) is 0 Å². The van der Waals surface area contributed by atoms with Gasteiger partial charge in [0, 0.05) is 24.1 Å². The molecule has 1 aromatic heterocycles. The molecule has 0 spiro atoms. The number of hydrogen-bond acceptors (Lipinski definition) is 3. The number of aldehydes is 1. The van der Waals surface area contributed by atoms with E-state index in [2.05, 4.69) is 18.7 Å². The number of carbonyl (C=O) groups is 1. The normalized spacial score (nSPS) is 12.0. The summed E-state index contributed by atoms with van der Waals surface area (Å²) in [4.78, 5) is 13.4. The second kappa shape index (κ2) is 5.85. The molecule has 0 aliphatic carbocycles. The van der Waals surface area contributed by atoms with E-state index in [1.54, 1.807) is 12.5 Å². The van der Waals surface area contributed by atoms with Crippen LogP contribution in [0.4, 0.5) is 0 Å². The monoisotopic (exact) mass is 223 g/mol. The van der Waals surface area contributed by atoms with Crippen LogP contribution in [0, 0.1) is 5.41 Å². The van der Waals surface area contributed by atoms with Gasteiger partial charge in [-0.2, -0.15) is 0 Å². The molecule has 0 saturated heterocycles. The van der Waals surface area contributed by atoms with Crippen LogP contribution in [-0.4, -0.2) is 24.8 Å². The summed E-state index contributed by atoms with van der Waals surface area (Å²) >= 11 is 0. The molecule has 1 aromatic rings. The minimum Gasteiger partial charge on any atom is -0.472 e. The third-order valence-corrected chi connectivity index (χ3v) is 3.28. The third-order valence-electron chi connectivity index (χ3n) is 3.28. The van der Waals surface area contributed by atoms with Crippen molar-refractivity contribution in [2.75, 3.05) is 13.6 Å². The Morgan fingerprint density at radius 1 is 1.44 bits per heavy atom. The fourth-order valence-corrected chi connectivity index (χ4v) is 1.97. The second-order valence-electron chi connectivity index (χ2n) is 4.49. The number of nitrogens with zero attached hydrogens (tertiary/aromatic N) is 1. The Hall–Kier alpha value is -1.09. The predicted octanol–water partition coefficient (Wildman–Crippen LogP) is 2.72. The van der Waals surface area contributed by atoms with Crippen molar-refractivity contribution in [1.29, 1.82) is 0 Å². The van der Waals surface area contributed by atoms with Crippen molar-refractivity contribution in [2.45, 2.75) is 33.2 Å². The van der Waals surface area contributed by atoms with Crippen molar-refractivity contribution in [3.05, 3.63) is 24.2 Å². The first-order chi connectivity index (χ1) is 7.65. The van der Waals surface area contributed by atoms with Crippen LogP contribution in [0.3, 0.4) is 0 Å². The lowest BCUT2D eigenvalue weighted by Crippen LogP contribution is -2.35. The summed E-state index contributed by atoms with van der Waals surface area (Å²) in [5, 5.41) is 0. The van der Waals surface area contributed by atoms with Crippen LogP contribution in [-0.2, 0) is 11.3 Å². The molecule has 3 nitrogen and oxygen atoms in total. The maximum atomic E-state index is 11.2. The highest BCUT2D eigenvalue weighted by Gasteiger charge is 2.27. The Morgan fingerprint density at radius 2 is 2.12 bits per heavy atom.